The highest BCUT2D eigenvalue weighted by Crippen LogP contribution is 2.19. The van der Waals surface area contributed by atoms with Crippen molar-refractivity contribution in [1.82, 2.24) is 5.32 Å². The highest BCUT2D eigenvalue weighted by atomic mass is 19.1. The Morgan fingerprint density at radius 1 is 1.18 bits per heavy atom. The molecule has 0 aliphatic carbocycles. The van der Waals surface area contributed by atoms with Gasteiger partial charge >= 0.3 is 0 Å². The van der Waals surface area contributed by atoms with Gasteiger partial charge in [0.1, 0.15) is 17.5 Å². The zero-order valence-electron chi connectivity index (χ0n) is 9.10. The maximum atomic E-state index is 13.4. The molecule has 2 nitrogen and oxygen atoms in total. The number of Topliss-reactive ketones (excluding diaryl/α,β-unsaturated/α-hetero) is 1. The van der Waals surface area contributed by atoms with E-state index in [0.29, 0.717) is 25.1 Å². The molecule has 1 saturated heterocycles. The van der Waals surface area contributed by atoms with Gasteiger partial charge in [0.2, 0.25) is 0 Å². The largest absolute Gasteiger partial charge is 0.307 e. The molecular formula is C12H12F3NO. The average Bonchev–Trinajstić information content (AvgIpc) is 2.28. The number of benzene rings is 1. The molecule has 1 aromatic carbocycles. The Bertz CT molecular complexity index is 418. The molecule has 5 heteroatoms. The summed E-state index contributed by atoms with van der Waals surface area (Å²) in [5.74, 6) is -3.94. The zero-order valence-corrected chi connectivity index (χ0v) is 9.10. The van der Waals surface area contributed by atoms with E-state index in [1.807, 2.05) is 0 Å². The van der Waals surface area contributed by atoms with Crippen molar-refractivity contribution in [2.45, 2.75) is 25.3 Å². The molecule has 0 spiro atoms. The minimum atomic E-state index is -1.14. The third-order valence-electron chi connectivity index (χ3n) is 2.88. The van der Waals surface area contributed by atoms with Crippen molar-refractivity contribution < 1.29 is 18.0 Å². The molecule has 1 unspecified atom stereocenters. The van der Waals surface area contributed by atoms with E-state index in [4.69, 9.17) is 0 Å². The summed E-state index contributed by atoms with van der Waals surface area (Å²) in [6.45, 7) is 0.654. The van der Waals surface area contributed by atoms with Gasteiger partial charge in [-0.2, -0.15) is 0 Å². The van der Waals surface area contributed by atoms with Gasteiger partial charge in [0.25, 0.3) is 0 Å². The smallest absolute Gasteiger partial charge is 0.185 e. The number of hydrogen-bond donors (Lipinski definition) is 1. The summed E-state index contributed by atoms with van der Waals surface area (Å²) >= 11 is 0. The van der Waals surface area contributed by atoms with E-state index in [1.54, 1.807) is 0 Å². The van der Waals surface area contributed by atoms with Crippen molar-refractivity contribution in [1.29, 1.82) is 0 Å². The lowest BCUT2D eigenvalue weighted by Gasteiger charge is -2.22. The SMILES string of the molecule is O=C(c1c(F)cc(F)cc1F)C1CCCCN1. The first kappa shape index (κ1) is 12.1. The second-order valence-corrected chi connectivity index (χ2v) is 4.11. The third-order valence-corrected chi connectivity index (χ3v) is 2.88. The van der Waals surface area contributed by atoms with Crippen LogP contribution >= 0.6 is 0 Å². The van der Waals surface area contributed by atoms with E-state index in [9.17, 15) is 18.0 Å². The molecule has 92 valence electrons. The van der Waals surface area contributed by atoms with Crippen LogP contribution in [0.4, 0.5) is 13.2 Å². The van der Waals surface area contributed by atoms with Crippen LogP contribution < -0.4 is 5.32 Å². The van der Waals surface area contributed by atoms with E-state index in [-0.39, 0.29) is 0 Å². The lowest BCUT2D eigenvalue weighted by atomic mass is 9.96. The Kier molecular flexibility index (Phi) is 3.47. The average molecular weight is 243 g/mol. The monoisotopic (exact) mass is 243 g/mol. The molecular weight excluding hydrogens is 231 g/mol. The summed E-state index contributed by atoms with van der Waals surface area (Å²) in [5, 5.41) is 2.91. The molecule has 17 heavy (non-hydrogen) atoms. The summed E-state index contributed by atoms with van der Waals surface area (Å²) in [6, 6.07) is 0.483. The molecule has 2 rings (SSSR count). The Morgan fingerprint density at radius 3 is 2.35 bits per heavy atom. The number of ketones is 1. The highest BCUT2D eigenvalue weighted by molar-refractivity contribution is 6.00. The standard InChI is InChI=1S/C12H12F3NO/c13-7-5-8(14)11(9(15)6-7)12(17)10-3-1-2-4-16-10/h5-6,10,16H,1-4H2. The predicted octanol–water partition coefficient (Wildman–Crippen LogP) is 2.43. The third kappa shape index (κ3) is 2.49. The van der Waals surface area contributed by atoms with E-state index in [0.717, 1.165) is 12.8 Å². The molecule has 0 amide bonds. The molecule has 1 heterocycles. The van der Waals surface area contributed by atoms with E-state index in [1.165, 1.54) is 0 Å². The Labute approximate surface area is 96.8 Å². The Balaban J connectivity index is 2.30. The topological polar surface area (TPSA) is 29.1 Å². The van der Waals surface area contributed by atoms with Crippen LogP contribution in [0.1, 0.15) is 29.6 Å². The van der Waals surface area contributed by atoms with Gasteiger partial charge in [0.15, 0.2) is 5.78 Å². The fourth-order valence-electron chi connectivity index (χ4n) is 2.03. The summed E-state index contributed by atoms with van der Waals surface area (Å²) < 4.78 is 39.5. The van der Waals surface area contributed by atoms with Gasteiger partial charge in [-0.1, -0.05) is 6.42 Å². The van der Waals surface area contributed by atoms with Crippen LogP contribution in [0.5, 0.6) is 0 Å². The summed E-state index contributed by atoms with van der Waals surface area (Å²) in [5.41, 5.74) is -0.647. The number of hydrogen-bond acceptors (Lipinski definition) is 2. The number of carbonyl (C=O) groups is 1. The molecule has 1 atom stereocenters. The highest BCUT2D eigenvalue weighted by Gasteiger charge is 2.27. The van der Waals surface area contributed by atoms with Crippen LogP contribution in [0, 0.1) is 17.5 Å². The van der Waals surface area contributed by atoms with Crippen LogP contribution in [0.3, 0.4) is 0 Å². The number of nitrogens with one attached hydrogen (secondary N) is 1. The van der Waals surface area contributed by atoms with Crippen molar-refractivity contribution >= 4 is 5.78 Å². The molecule has 0 bridgehead atoms. The maximum absolute atomic E-state index is 13.4. The molecule has 1 aliphatic heterocycles. The van der Waals surface area contributed by atoms with Gasteiger partial charge < -0.3 is 5.32 Å². The number of carbonyl (C=O) groups excluding carboxylic acids is 1. The number of rotatable bonds is 2. The van der Waals surface area contributed by atoms with Crippen molar-refractivity contribution in [3.8, 4) is 0 Å². The second kappa shape index (κ2) is 4.87. The summed E-state index contributed by atoms with van der Waals surface area (Å²) in [7, 11) is 0. The van der Waals surface area contributed by atoms with Crippen LogP contribution in [0.2, 0.25) is 0 Å². The Morgan fingerprint density at radius 2 is 1.82 bits per heavy atom. The van der Waals surface area contributed by atoms with Gasteiger partial charge in [-0.05, 0) is 19.4 Å². The van der Waals surface area contributed by atoms with E-state index < -0.39 is 34.8 Å². The second-order valence-electron chi connectivity index (χ2n) is 4.11. The number of halogens is 3. The lowest BCUT2D eigenvalue weighted by Crippen LogP contribution is -2.41. The van der Waals surface area contributed by atoms with E-state index >= 15 is 0 Å². The first-order valence-corrected chi connectivity index (χ1v) is 5.51. The summed E-state index contributed by atoms with van der Waals surface area (Å²) in [6.07, 6.45) is 2.33. The fourth-order valence-corrected chi connectivity index (χ4v) is 2.03. The molecule has 1 aliphatic rings. The van der Waals surface area contributed by atoms with Gasteiger partial charge in [-0.15, -0.1) is 0 Å². The maximum Gasteiger partial charge on any atom is 0.185 e. The quantitative estimate of drug-likeness (QED) is 0.808. The van der Waals surface area contributed by atoms with Gasteiger partial charge in [-0.3, -0.25) is 4.79 Å². The minimum absolute atomic E-state index is 0.527. The van der Waals surface area contributed by atoms with Crippen LogP contribution in [-0.4, -0.2) is 18.4 Å². The fraction of sp³-hybridized carbons (Fsp3) is 0.417. The lowest BCUT2D eigenvalue weighted by molar-refractivity contribution is 0.0918. The summed E-state index contributed by atoms with van der Waals surface area (Å²) in [4.78, 5) is 11.9. The van der Waals surface area contributed by atoms with Gasteiger partial charge in [0.05, 0.1) is 11.6 Å². The molecule has 0 aromatic heterocycles. The molecule has 0 saturated carbocycles. The van der Waals surface area contributed by atoms with Crippen LogP contribution in [0.25, 0.3) is 0 Å². The molecule has 0 radical (unpaired) electrons. The van der Waals surface area contributed by atoms with Gasteiger partial charge in [0, 0.05) is 12.1 Å². The molecule has 1 fully saturated rings. The van der Waals surface area contributed by atoms with Crippen molar-refractivity contribution in [3.05, 3.63) is 35.1 Å². The van der Waals surface area contributed by atoms with Crippen molar-refractivity contribution in [2.24, 2.45) is 0 Å². The zero-order chi connectivity index (χ0) is 12.4. The predicted molar refractivity (Wildman–Crippen MR) is 56.3 cm³/mol. The first-order valence-electron chi connectivity index (χ1n) is 5.51. The van der Waals surface area contributed by atoms with E-state index in [2.05, 4.69) is 5.32 Å². The van der Waals surface area contributed by atoms with Gasteiger partial charge in [-0.25, -0.2) is 13.2 Å². The van der Waals surface area contributed by atoms with Crippen LogP contribution in [-0.2, 0) is 0 Å². The van der Waals surface area contributed by atoms with Crippen molar-refractivity contribution in [2.75, 3.05) is 6.54 Å². The normalized spacial score (nSPS) is 20.3. The minimum Gasteiger partial charge on any atom is -0.307 e. The number of piperidine rings is 1. The van der Waals surface area contributed by atoms with Crippen molar-refractivity contribution in [3.63, 3.8) is 0 Å². The molecule has 1 aromatic rings. The Hall–Kier alpha value is -1.36. The first-order chi connectivity index (χ1) is 8.09. The van der Waals surface area contributed by atoms with Crippen LogP contribution in [0.15, 0.2) is 12.1 Å². The molecule has 1 N–H and O–H groups in total.